The quantitative estimate of drug-likeness (QED) is 0.598. The van der Waals surface area contributed by atoms with Crippen LogP contribution in [0.25, 0.3) is 11.3 Å². The smallest absolute Gasteiger partial charge is 0.273 e. The Hall–Kier alpha value is -2.94. The SMILES string of the molecule is CCn1c2c(c(O)c(-c3[nH][nH]c(=O)c3/C=N/c3nccs3)c1=O)CCCC2. The highest BCUT2D eigenvalue weighted by atomic mass is 32.1. The summed E-state index contributed by atoms with van der Waals surface area (Å²) in [6, 6.07) is 0. The van der Waals surface area contributed by atoms with E-state index in [0.29, 0.717) is 18.1 Å². The summed E-state index contributed by atoms with van der Waals surface area (Å²) in [5, 5.41) is 18.4. The maximum Gasteiger partial charge on any atom is 0.273 e. The van der Waals surface area contributed by atoms with Crippen LogP contribution >= 0.6 is 11.3 Å². The van der Waals surface area contributed by atoms with E-state index in [1.54, 1.807) is 16.1 Å². The van der Waals surface area contributed by atoms with Crippen molar-refractivity contribution >= 4 is 22.7 Å². The van der Waals surface area contributed by atoms with Crippen LogP contribution in [0.2, 0.25) is 0 Å². The Morgan fingerprint density at radius 3 is 2.89 bits per heavy atom. The number of hydrogen-bond donors (Lipinski definition) is 3. The third-order valence-electron chi connectivity index (χ3n) is 4.85. The Bertz CT molecular complexity index is 1120. The molecular formula is C18H19N5O3S. The maximum atomic E-state index is 13.1. The van der Waals surface area contributed by atoms with Gasteiger partial charge in [-0.3, -0.25) is 19.8 Å². The molecular weight excluding hydrogens is 366 g/mol. The highest BCUT2D eigenvalue weighted by Crippen LogP contribution is 2.35. The lowest BCUT2D eigenvalue weighted by atomic mass is 9.92. The highest BCUT2D eigenvalue weighted by Gasteiger charge is 2.26. The molecule has 3 aromatic heterocycles. The van der Waals surface area contributed by atoms with E-state index >= 15 is 0 Å². The molecule has 1 aliphatic rings. The van der Waals surface area contributed by atoms with Gasteiger partial charge in [0, 0.05) is 35.6 Å². The summed E-state index contributed by atoms with van der Waals surface area (Å²) in [6.45, 7) is 2.41. The first-order valence-electron chi connectivity index (χ1n) is 8.83. The van der Waals surface area contributed by atoms with Crippen molar-refractivity contribution in [1.82, 2.24) is 19.7 Å². The zero-order valence-corrected chi connectivity index (χ0v) is 15.6. The fourth-order valence-corrected chi connectivity index (χ4v) is 4.08. The van der Waals surface area contributed by atoms with Crippen LogP contribution in [0, 0.1) is 0 Å². The molecule has 3 N–H and O–H groups in total. The number of nitrogens with one attached hydrogen (secondary N) is 2. The summed E-state index contributed by atoms with van der Waals surface area (Å²) < 4.78 is 1.69. The molecule has 1 aliphatic carbocycles. The summed E-state index contributed by atoms with van der Waals surface area (Å²) >= 11 is 1.34. The molecule has 0 aromatic carbocycles. The first-order valence-corrected chi connectivity index (χ1v) is 9.71. The van der Waals surface area contributed by atoms with Gasteiger partial charge in [-0.2, -0.15) is 0 Å². The van der Waals surface area contributed by atoms with Crippen molar-refractivity contribution in [3.05, 3.63) is 49.1 Å². The molecule has 3 aromatic rings. The number of rotatable bonds is 4. The summed E-state index contributed by atoms with van der Waals surface area (Å²) in [6.07, 6.45) is 6.44. The number of thiazole rings is 1. The number of fused-ring (bicyclic) bond motifs is 1. The van der Waals surface area contributed by atoms with E-state index in [1.165, 1.54) is 17.6 Å². The minimum atomic E-state index is -0.412. The van der Waals surface area contributed by atoms with E-state index in [9.17, 15) is 14.7 Å². The summed E-state index contributed by atoms with van der Waals surface area (Å²) in [4.78, 5) is 33.6. The number of aliphatic imine (C=N–C) groups is 1. The van der Waals surface area contributed by atoms with Gasteiger partial charge in [0.1, 0.15) is 11.3 Å². The second kappa shape index (κ2) is 6.99. The van der Waals surface area contributed by atoms with E-state index in [4.69, 9.17) is 0 Å². The third kappa shape index (κ3) is 2.93. The fraction of sp³-hybridized carbons (Fsp3) is 0.333. The minimum Gasteiger partial charge on any atom is -0.507 e. The van der Waals surface area contributed by atoms with Crippen LogP contribution in [0.3, 0.4) is 0 Å². The lowest BCUT2D eigenvalue weighted by Crippen LogP contribution is -2.28. The topological polar surface area (TPSA) is 116 Å². The van der Waals surface area contributed by atoms with E-state index in [0.717, 1.165) is 30.5 Å². The van der Waals surface area contributed by atoms with Crippen molar-refractivity contribution in [3.63, 3.8) is 0 Å². The lowest BCUT2D eigenvalue weighted by molar-refractivity contribution is 0.453. The Balaban J connectivity index is 1.93. The zero-order chi connectivity index (χ0) is 19.0. The van der Waals surface area contributed by atoms with E-state index in [-0.39, 0.29) is 28.1 Å². The van der Waals surface area contributed by atoms with Crippen LogP contribution in [-0.4, -0.2) is 31.1 Å². The van der Waals surface area contributed by atoms with Gasteiger partial charge in [0.25, 0.3) is 11.1 Å². The van der Waals surface area contributed by atoms with Gasteiger partial charge in [-0.1, -0.05) is 0 Å². The number of H-pyrrole nitrogens is 2. The average molecular weight is 385 g/mol. The molecule has 0 bridgehead atoms. The highest BCUT2D eigenvalue weighted by molar-refractivity contribution is 7.13. The van der Waals surface area contributed by atoms with Gasteiger partial charge < -0.3 is 9.67 Å². The maximum absolute atomic E-state index is 13.1. The summed E-state index contributed by atoms with van der Waals surface area (Å²) in [5.74, 6) is -0.0430. The van der Waals surface area contributed by atoms with Crippen LogP contribution in [0.4, 0.5) is 5.13 Å². The van der Waals surface area contributed by atoms with Gasteiger partial charge in [-0.15, -0.1) is 11.3 Å². The Kier molecular flexibility index (Phi) is 4.53. The number of pyridine rings is 1. The Morgan fingerprint density at radius 1 is 1.33 bits per heavy atom. The number of nitrogens with zero attached hydrogens (tertiary/aromatic N) is 3. The van der Waals surface area contributed by atoms with E-state index < -0.39 is 5.56 Å². The number of aromatic hydroxyl groups is 1. The molecule has 9 heteroatoms. The second-order valence-electron chi connectivity index (χ2n) is 6.35. The second-order valence-corrected chi connectivity index (χ2v) is 7.22. The van der Waals surface area contributed by atoms with Crippen molar-refractivity contribution in [2.24, 2.45) is 4.99 Å². The summed E-state index contributed by atoms with van der Waals surface area (Å²) in [5.41, 5.74) is 1.51. The lowest BCUT2D eigenvalue weighted by Gasteiger charge is -2.23. The van der Waals surface area contributed by atoms with Gasteiger partial charge in [0.05, 0.1) is 11.3 Å². The van der Waals surface area contributed by atoms with Gasteiger partial charge in [0.2, 0.25) is 5.13 Å². The molecule has 3 heterocycles. The minimum absolute atomic E-state index is 0.0430. The van der Waals surface area contributed by atoms with Gasteiger partial charge in [-0.25, -0.2) is 9.98 Å². The van der Waals surface area contributed by atoms with Crippen LogP contribution in [0.15, 0.2) is 26.2 Å². The zero-order valence-electron chi connectivity index (χ0n) is 14.8. The van der Waals surface area contributed by atoms with Crippen molar-refractivity contribution < 1.29 is 5.11 Å². The van der Waals surface area contributed by atoms with Crippen molar-refractivity contribution in [1.29, 1.82) is 0 Å². The summed E-state index contributed by atoms with van der Waals surface area (Å²) in [7, 11) is 0. The monoisotopic (exact) mass is 385 g/mol. The van der Waals surface area contributed by atoms with Crippen molar-refractivity contribution in [2.45, 2.75) is 39.2 Å². The third-order valence-corrected chi connectivity index (χ3v) is 5.53. The van der Waals surface area contributed by atoms with Crippen LogP contribution in [0.1, 0.15) is 36.6 Å². The molecule has 0 saturated carbocycles. The van der Waals surface area contributed by atoms with Crippen LogP contribution in [-0.2, 0) is 19.4 Å². The van der Waals surface area contributed by atoms with Crippen LogP contribution < -0.4 is 11.1 Å². The molecule has 8 nitrogen and oxygen atoms in total. The van der Waals surface area contributed by atoms with Gasteiger partial charge >= 0.3 is 0 Å². The predicted molar refractivity (Wildman–Crippen MR) is 104 cm³/mol. The number of hydrogen-bond acceptors (Lipinski definition) is 6. The molecule has 0 aliphatic heterocycles. The normalized spacial score (nSPS) is 14.0. The average Bonchev–Trinajstić information content (AvgIpc) is 3.31. The molecule has 4 rings (SSSR count). The molecule has 0 saturated heterocycles. The standard InChI is InChI=1S/C18H19N5O3S/c1-2-23-12-6-4-3-5-10(12)15(24)13(17(23)26)14-11(16(25)22-21-14)9-20-18-19-7-8-27-18/h7-9,24H,2-6H2,1H3,(H2,21,22,25)/b20-9+. The molecule has 0 fully saturated rings. The molecule has 0 radical (unpaired) electrons. The molecule has 140 valence electrons. The van der Waals surface area contributed by atoms with Crippen LogP contribution in [0.5, 0.6) is 5.75 Å². The number of aromatic amines is 2. The Morgan fingerprint density at radius 2 is 2.15 bits per heavy atom. The number of aromatic nitrogens is 4. The molecule has 0 amide bonds. The molecule has 27 heavy (non-hydrogen) atoms. The van der Waals surface area contributed by atoms with E-state index in [2.05, 4.69) is 20.2 Å². The largest absolute Gasteiger partial charge is 0.507 e. The van der Waals surface area contributed by atoms with E-state index in [1.807, 2.05) is 6.92 Å². The molecule has 0 atom stereocenters. The molecule has 0 unspecified atom stereocenters. The van der Waals surface area contributed by atoms with Crippen molar-refractivity contribution in [3.8, 4) is 17.0 Å². The first-order chi connectivity index (χ1) is 13.1. The van der Waals surface area contributed by atoms with Gasteiger partial charge in [0.15, 0.2) is 0 Å². The molecule has 0 spiro atoms. The fourth-order valence-electron chi connectivity index (χ4n) is 3.60. The van der Waals surface area contributed by atoms with Crippen molar-refractivity contribution in [2.75, 3.05) is 0 Å². The van der Waals surface area contributed by atoms with Gasteiger partial charge in [-0.05, 0) is 32.6 Å². The Labute approximate surface area is 158 Å². The first kappa shape index (κ1) is 17.5. The predicted octanol–water partition coefficient (Wildman–Crippen LogP) is 2.34.